The lowest BCUT2D eigenvalue weighted by atomic mass is 9.83. The Hall–Kier alpha value is -0.610. The number of aromatic nitrogens is 2. The van der Waals surface area contributed by atoms with Gasteiger partial charge >= 0.3 is 0 Å². The van der Waals surface area contributed by atoms with Crippen molar-refractivity contribution in [1.29, 1.82) is 0 Å². The minimum atomic E-state index is 0.429. The molecule has 1 saturated carbocycles. The van der Waals surface area contributed by atoms with Crippen LogP contribution in [0.15, 0.2) is 34.6 Å². The number of nitrogens with zero attached hydrogens (tertiary/aromatic N) is 2. The van der Waals surface area contributed by atoms with Crippen LogP contribution in [0.4, 0.5) is 0 Å². The van der Waals surface area contributed by atoms with E-state index in [1.54, 1.807) is 0 Å². The van der Waals surface area contributed by atoms with Crippen LogP contribution in [0.2, 0.25) is 0 Å². The minimum Gasteiger partial charge on any atom is -0.329 e. The van der Waals surface area contributed by atoms with E-state index in [4.69, 9.17) is 0 Å². The van der Waals surface area contributed by atoms with Gasteiger partial charge in [-0.15, -0.1) is 11.3 Å². The van der Waals surface area contributed by atoms with Crippen LogP contribution in [0.1, 0.15) is 36.6 Å². The molecule has 0 aromatic carbocycles. The third-order valence-corrected chi connectivity index (χ3v) is 5.60. The third-order valence-electron chi connectivity index (χ3n) is 3.66. The summed E-state index contributed by atoms with van der Waals surface area (Å²) in [7, 11) is 0. The summed E-state index contributed by atoms with van der Waals surface area (Å²) in [6, 6.07) is 2.58. The summed E-state index contributed by atoms with van der Waals surface area (Å²) in [5.74, 6) is 0.697. The van der Waals surface area contributed by atoms with Gasteiger partial charge in [-0.25, -0.2) is 4.98 Å². The van der Waals surface area contributed by atoms with Crippen molar-refractivity contribution in [3.63, 3.8) is 0 Å². The van der Waals surface area contributed by atoms with E-state index in [1.165, 1.54) is 35.0 Å². The number of imidazole rings is 1. The molecule has 18 heavy (non-hydrogen) atoms. The molecule has 2 nitrogen and oxygen atoms in total. The summed E-state index contributed by atoms with van der Waals surface area (Å²) >= 11 is 5.53. The maximum absolute atomic E-state index is 4.22. The first-order chi connectivity index (χ1) is 8.86. The smallest absolute Gasteiger partial charge is 0.0952 e. The summed E-state index contributed by atoms with van der Waals surface area (Å²) in [4.78, 5) is 5.64. The molecule has 2 atom stereocenters. The zero-order valence-electron chi connectivity index (χ0n) is 10.1. The second-order valence-corrected chi connectivity index (χ2v) is 6.60. The Labute approximate surface area is 120 Å². The van der Waals surface area contributed by atoms with Crippen molar-refractivity contribution in [2.45, 2.75) is 31.7 Å². The second-order valence-electron chi connectivity index (χ2n) is 4.80. The molecule has 3 rings (SSSR count). The standard InChI is InChI=1S/C14H16BrN2S/c15-12-6-9-18-14(12)13(17-8-7-16-10-17)11-4-2-1-3-5-11/h2,6-11,13H,1,3-5H2. The monoisotopic (exact) mass is 323 g/mol. The van der Waals surface area contributed by atoms with E-state index in [0.29, 0.717) is 12.0 Å². The van der Waals surface area contributed by atoms with Crippen molar-refractivity contribution in [2.75, 3.05) is 0 Å². The van der Waals surface area contributed by atoms with Crippen molar-refractivity contribution < 1.29 is 0 Å². The Bertz CT molecular complexity index is 486. The molecule has 95 valence electrons. The van der Waals surface area contributed by atoms with Crippen molar-refractivity contribution in [3.05, 3.63) is 45.9 Å². The first kappa shape index (κ1) is 12.4. The highest BCUT2D eigenvalue weighted by molar-refractivity contribution is 9.10. The quantitative estimate of drug-likeness (QED) is 0.801. The maximum atomic E-state index is 4.22. The molecule has 1 radical (unpaired) electrons. The number of hydrogen-bond acceptors (Lipinski definition) is 2. The average molecular weight is 324 g/mol. The Morgan fingerprint density at radius 1 is 1.50 bits per heavy atom. The lowest BCUT2D eigenvalue weighted by Crippen LogP contribution is -2.21. The highest BCUT2D eigenvalue weighted by Crippen LogP contribution is 2.41. The van der Waals surface area contributed by atoms with Crippen molar-refractivity contribution in [1.82, 2.24) is 9.55 Å². The molecule has 0 amide bonds. The molecule has 2 heterocycles. The van der Waals surface area contributed by atoms with Crippen LogP contribution in [0.25, 0.3) is 0 Å². The van der Waals surface area contributed by atoms with Gasteiger partial charge < -0.3 is 4.57 Å². The molecule has 4 heteroatoms. The zero-order chi connectivity index (χ0) is 12.4. The van der Waals surface area contributed by atoms with Crippen LogP contribution in [-0.4, -0.2) is 9.55 Å². The molecule has 0 spiro atoms. The van der Waals surface area contributed by atoms with Crippen LogP contribution < -0.4 is 0 Å². The molecule has 0 N–H and O–H groups in total. The molecule has 1 aliphatic rings. The molecule has 1 aliphatic carbocycles. The van der Waals surface area contributed by atoms with Crippen molar-refractivity contribution >= 4 is 27.3 Å². The molecule has 2 aromatic heterocycles. The fourth-order valence-corrected chi connectivity index (χ4v) is 4.61. The SMILES string of the molecule is Brc1ccsc1C(C1C[CH]CCC1)n1ccnc1. The van der Waals surface area contributed by atoms with Gasteiger partial charge in [0.25, 0.3) is 0 Å². The van der Waals surface area contributed by atoms with Crippen LogP contribution in [-0.2, 0) is 0 Å². The highest BCUT2D eigenvalue weighted by atomic mass is 79.9. The molecule has 0 bridgehead atoms. The van der Waals surface area contributed by atoms with Crippen molar-refractivity contribution in [2.24, 2.45) is 5.92 Å². The molecule has 2 unspecified atom stereocenters. The lowest BCUT2D eigenvalue weighted by molar-refractivity contribution is 0.317. The Kier molecular flexibility index (Phi) is 3.85. The fourth-order valence-electron chi connectivity index (χ4n) is 2.80. The number of hydrogen-bond donors (Lipinski definition) is 0. The maximum Gasteiger partial charge on any atom is 0.0952 e. The Morgan fingerprint density at radius 3 is 3.06 bits per heavy atom. The van der Waals surface area contributed by atoms with Gasteiger partial charge in [0.05, 0.1) is 12.4 Å². The zero-order valence-corrected chi connectivity index (χ0v) is 12.5. The molecule has 0 aliphatic heterocycles. The summed E-state index contributed by atoms with van der Waals surface area (Å²) in [6.45, 7) is 0. The van der Waals surface area contributed by atoms with Gasteiger partial charge in [0.2, 0.25) is 0 Å². The van der Waals surface area contributed by atoms with E-state index in [-0.39, 0.29) is 0 Å². The Balaban J connectivity index is 1.96. The fraction of sp³-hybridized carbons (Fsp3) is 0.429. The van der Waals surface area contributed by atoms with E-state index >= 15 is 0 Å². The summed E-state index contributed by atoms with van der Waals surface area (Å²) < 4.78 is 3.50. The number of rotatable bonds is 3. The first-order valence-corrected chi connectivity index (χ1v) is 8.05. The first-order valence-electron chi connectivity index (χ1n) is 6.38. The number of thiophene rings is 1. The van der Waals surface area contributed by atoms with Crippen LogP contribution in [0, 0.1) is 12.3 Å². The normalized spacial score (nSPS) is 18.9. The second kappa shape index (κ2) is 5.57. The molecule has 1 fully saturated rings. The van der Waals surface area contributed by atoms with Gasteiger partial charge in [-0.1, -0.05) is 12.8 Å². The van der Waals surface area contributed by atoms with Gasteiger partial charge in [-0.3, -0.25) is 0 Å². The molecular weight excluding hydrogens is 308 g/mol. The molecular formula is C14H16BrN2S. The summed E-state index contributed by atoms with van der Waals surface area (Å²) in [6.07, 6.45) is 13.5. The van der Waals surface area contributed by atoms with E-state index < -0.39 is 0 Å². The highest BCUT2D eigenvalue weighted by Gasteiger charge is 2.28. The van der Waals surface area contributed by atoms with E-state index in [0.717, 1.165) is 0 Å². The summed E-state index contributed by atoms with van der Waals surface area (Å²) in [5, 5.41) is 2.16. The third kappa shape index (κ3) is 2.41. The van der Waals surface area contributed by atoms with Gasteiger partial charge in [0, 0.05) is 21.7 Å². The van der Waals surface area contributed by atoms with Gasteiger partial charge in [0.1, 0.15) is 0 Å². The Morgan fingerprint density at radius 2 is 2.44 bits per heavy atom. The van der Waals surface area contributed by atoms with Gasteiger partial charge in [-0.2, -0.15) is 0 Å². The van der Waals surface area contributed by atoms with Gasteiger partial charge in [-0.05, 0) is 52.6 Å². The van der Waals surface area contributed by atoms with E-state index in [2.05, 4.69) is 49.5 Å². The topological polar surface area (TPSA) is 17.8 Å². The largest absolute Gasteiger partial charge is 0.329 e. The number of halogens is 1. The van der Waals surface area contributed by atoms with Gasteiger partial charge in [0.15, 0.2) is 0 Å². The van der Waals surface area contributed by atoms with E-state index in [1.807, 2.05) is 23.9 Å². The van der Waals surface area contributed by atoms with Crippen LogP contribution in [0.5, 0.6) is 0 Å². The molecule has 0 saturated heterocycles. The predicted molar refractivity (Wildman–Crippen MR) is 78.6 cm³/mol. The average Bonchev–Trinajstić information content (AvgIpc) is 3.05. The van der Waals surface area contributed by atoms with E-state index in [9.17, 15) is 0 Å². The van der Waals surface area contributed by atoms with Crippen LogP contribution in [0.3, 0.4) is 0 Å². The summed E-state index contributed by atoms with van der Waals surface area (Å²) in [5.41, 5.74) is 0. The van der Waals surface area contributed by atoms with Crippen molar-refractivity contribution in [3.8, 4) is 0 Å². The minimum absolute atomic E-state index is 0.429. The predicted octanol–water partition coefficient (Wildman–Crippen LogP) is 4.69. The van der Waals surface area contributed by atoms with Crippen LogP contribution >= 0.6 is 27.3 Å². The lowest BCUT2D eigenvalue weighted by Gasteiger charge is -2.30. The molecule has 2 aromatic rings.